The summed E-state index contributed by atoms with van der Waals surface area (Å²) in [5.41, 5.74) is 1.58. The lowest BCUT2D eigenvalue weighted by Gasteiger charge is -2.03. The van der Waals surface area contributed by atoms with Gasteiger partial charge < -0.3 is 14.8 Å². The molecule has 1 aromatic carbocycles. The predicted octanol–water partition coefficient (Wildman–Crippen LogP) is -0.310. The van der Waals surface area contributed by atoms with Crippen LogP contribution in [0, 0.1) is 0 Å². The second kappa shape index (κ2) is 3.05. The minimum Gasteiger partial charge on any atom is -0.490 e. The number of benzene rings is 1. The molecule has 0 amide bonds. The fourth-order valence-corrected chi connectivity index (χ4v) is 1.60. The van der Waals surface area contributed by atoms with E-state index in [2.05, 4.69) is 0 Å². The first-order chi connectivity index (χ1) is 6.16. The van der Waals surface area contributed by atoms with E-state index >= 15 is 0 Å². The monoisotopic (exact) mass is 178 g/mol. The quantitative estimate of drug-likeness (QED) is 0.580. The lowest BCUT2D eigenvalue weighted by Crippen LogP contribution is -2.29. The number of hydrogen-bond donors (Lipinski definition) is 2. The summed E-state index contributed by atoms with van der Waals surface area (Å²) in [5.74, 6) is 0.858. The van der Waals surface area contributed by atoms with Gasteiger partial charge in [-0.25, -0.2) is 0 Å². The van der Waals surface area contributed by atoms with Gasteiger partial charge in [-0.3, -0.25) is 0 Å². The second-order valence-corrected chi connectivity index (χ2v) is 3.37. The van der Waals surface area contributed by atoms with Crippen molar-refractivity contribution in [3.05, 3.63) is 23.8 Å². The molecule has 1 aliphatic heterocycles. The Morgan fingerprint density at radius 1 is 1.46 bits per heavy atom. The van der Waals surface area contributed by atoms with Gasteiger partial charge in [0.25, 0.3) is 0 Å². The lowest BCUT2D eigenvalue weighted by molar-refractivity contribution is 0.254. The molecule has 2 rings (SSSR count). The van der Waals surface area contributed by atoms with Gasteiger partial charge in [-0.1, -0.05) is 12.1 Å². The zero-order chi connectivity index (χ0) is 9.42. The van der Waals surface area contributed by atoms with Crippen LogP contribution in [0.5, 0.6) is 5.75 Å². The van der Waals surface area contributed by atoms with Crippen molar-refractivity contribution in [2.75, 3.05) is 0 Å². The van der Waals surface area contributed by atoms with Gasteiger partial charge in [-0.2, -0.15) is 0 Å². The molecule has 0 radical (unpaired) electrons. The van der Waals surface area contributed by atoms with Crippen molar-refractivity contribution in [3.63, 3.8) is 0 Å². The molecular formula is C9H11BO3. The summed E-state index contributed by atoms with van der Waals surface area (Å²) in [5, 5.41) is 17.9. The highest BCUT2D eigenvalue weighted by Crippen LogP contribution is 2.27. The van der Waals surface area contributed by atoms with Gasteiger partial charge in [0.15, 0.2) is 0 Å². The van der Waals surface area contributed by atoms with Crippen LogP contribution in [0.25, 0.3) is 0 Å². The maximum absolute atomic E-state index is 8.94. The van der Waals surface area contributed by atoms with Gasteiger partial charge in [0.2, 0.25) is 0 Å². The minimum atomic E-state index is -1.39. The molecule has 68 valence electrons. The highest BCUT2D eigenvalue weighted by atomic mass is 16.5. The van der Waals surface area contributed by atoms with E-state index in [-0.39, 0.29) is 6.10 Å². The van der Waals surface area contributed by atoms with Gasteiger partial charge >= 0.3 is 7.12 Å². The standard InChI is InChI=1S/C9H11BO3/c1-6-4-7-5-8(10(11)12)2-3-9(7)13-6/h2-3,5-6,11-12H,4H2,1H3/t6-/m0/s1. The zero-order valence-electron chi connectivity index (χ0n) is 7.40. The van der Waals surface area contributed by atoms with E-state index in [1.54, 1.807) is 18.2 Å². The van der Waals surface area contributed by atoms with Gasteiger partial charge in [-0.15, -0.1) is 0 Å². The van der Waals surface area contributed by atoms with Crippen LogP contribution in [0.2, 0.25) is 0 Å². The number of ether oxygens (including phenoxy) is 1. The molecule has 0 unspecified atom stereocenters. The number of hydrogen-bond acceptors (Lipinski definition) is 3. The van der Waals surface area contributed by atoms with E-state index < -0.39 is 7.12 Å². The van der Waals surface area contributed by atoms with Gasteiger partial charge in [0.1, 0.15) is 11.9 Å². The van der Waals surface area contributed by atoms with Gasteiger partial charge in [0.05, 0.1) is 0 Å². The van der Waals surface area contributed by atoms with Crippen LogP contribution in [0.4, 0.5) is 0 Å². The van der Waals surface area contributed by atoms with Crippen LogP contribution in [0.3, 0.4) is 0 Å². The van der Waals surface area contributed by atoms with Crippen LogP contribution in [0.1, 0.15) is 12.5 Å². The summed E-state index contributed by atoms with van der Waals surface area (Å²) >= 11 is 0. The smallest absolute Gasteiger partial charge is 0.488 e. The van der Waals surface area contributed by atoms with Crippen molar-refractivity contribution >= 4 is 12.6 Å². The third kappa shape index (κ3) is 1.55. The van der Waals surface area contributed by atoms with E-state index in [1.165, 1.54) is 0 Å². The summed E-state index contributed by atoms with van der Waals surface area (Å²) in [4.78, 5) is 0. The van der Waals surface area contributed by atoms with Crippen LogP contribution in [-0.2, 0) is 6.42 Å². The Hall–Kier alpha value is -0.995. The Labute approximate surface area is 77.1 Å². The molecule has 0 saturated heterocycles. The molecule has 0 aromatic heterocycles. The SMILES string of the molecule is C[C@H]1Cc2cc(B(O)O)ccc2O1. The molecule has 0 spiro atoms. The molecule has 0 bridgehead atoms. The van der Waals surface area contributed by atoms with Crippen LogP contribution in [-0.4, -0.2) is 23.3 Å². The van der Waals surface area contributed by atoms with Crippen molar-refractivity contribution in [1.82, 2.24) is 0 Å². The number of fused-ring (bicyclic) bond motifs is 1. The summed E-state index contributed by atoms with van der Waals surface area (Å²) in [6, 6.07) is 5.23. The fourth-order valence-electron chi connectivity index (χ4n) is 1.60. The van der Waals surface area contributed by atoms with Crippen molar-refractivity contribution in [2.24, 2.45) is 0 Å². The molecule has 1 aromatic rings. The Bertz CT molecular complexity index is 325. The van der Waals surface area contributed by atoms with Crippen LogP contribution >= 0.6 is 0 Å². The predicted molar refractivity (Wildman–Crippen MR) is 50.1 cm³/mol. The first kappa shape index (κ1) is 8.60. The van der Waals surface area contributed by atoms with E-state index in [0.29, 0.717) is 5.46 Å². The normalized spacial score (nSPS) is 19.5. The molecule has 3 nitrogen and oxygen atoms in total. The van der Waals surface area contributed by atoms with E-state index in [4.69, 9.17) is 14.8 Å². The lowest BCUT2D eigenvalue weighted by atomic mass is 9.79. The molecule has 1 atom stereocenters. The average Bonchev–Trinajstić information content (AvgIpc) is 2.42. The number of rotatable bonds is 1. The Kier molecular flexibility index (Phi) is 2.02. The fraction of sp³-hybridized carbons (Fsp3) is 0.333. The van der Waals surface area contributed by atoms with Gasteiger partial charge in [-0.05, 0) is 24.0 Å². The maximum atomic E-state index is 8.94. The van der Waals surface area contributed by atoms with Crippen LogP contribution < -0.4 is 10.2 Å². The summed E-state index contributed by atoms with van der Waals surface area (Å²) in [6.45, 7) is 2.00. The first-order valence-corrected chi connectivity index (χ1v) is 4.32. The van der Waals surface area contributed by atoms with E-state index in [1.807, 2.05) is 6.92 Å². The van der Waals surface area contributed by atoms with Crippen molar-refractivity contribution in [1.29, 1.82) is 0 Å². The highest BCUT2D eigenvalue weighted by Gasteiger charge is 2.21. The first-order valence-electron chi connectivity index (χ1n) is 4.32. The van der Waals surface area contributed by atoms with E-state index in [9.17, 15) is 0 Å². The highest BCUT2D eigenvalue weighted by molar-refractivity contribution is 6.58. The molecule has 1 heterocycles. The zero-order valence-corrected chi connectivity index (χ0v) is 7.40. The third-order valence-electron chi connectivity index (χ3n) is 2.22. The Morgan fingerprint density at radius 2 is 2.23 bits per heavy atom. The molecule has 2 N–H and O–H groups in total. The third-order valence-corrected chi connectivity index (χ3v) is 2.22. The Morgan fingerprint density at radius 3 is 2.92 bits per heavy atom. The second-order valence-electron chi connectivity index (χ2n) is 3.37. The van der Waals surface area contributed by atoms with Crippen molar-refractivity contribution in [3.8, 4) is 5.75 Å². The molecule has 13 heavy (non-hydrogen) atoms. The summed E-state index contributed by atoms with van der Waals surface area (Å²) in [7, 11) is -1.39. The molecule has 0 aliphatic carbocycles. The molecule has 4 heteroatoms. The van der Waals surface area contributed by atoms with Gasteiger partial charge in [0, 0.05) is 6.42 Å². The molecular weight excluding hydrogens is 167 g/mol. The molecule has 0 saturated carbocycles. The topological polar surface area (TPSA) is 49.7 Å². The average molecular weight is 178 g/mol. The van der Waals surface area contributed by atoms with Crippen LogP contribution in [0.15, 0.2) is 18.2 Å². The van der Waals surface area contributed by atoms with E-state index in [0.717, 1.165) is 17.7 Å². The summed E-state index contributed by atoms with van der Waals surface area (Å²) < 4.78 is 5.48. The summed E-state index contributed by atoms with van der Waals surface area (Å²) in [6.07, 6.45) is 1.04. The molecule has 0 fully saturated rings. The molecule has 1 aliphatic rings. The maximum Gasteiger partial charge on any atom is 0.488 e. The van der Waals surface area contributed by atoms with Crippen molar-refractivity contribution in [2.45, 2.75) is 19.4 Å². The Balaban J connectivity index is 2.35. The largest absolute Gasteiger partial charge is 0.490 e. The van der Waals surface area contributed by atoms with Crippen molar-refractivity contribution < 1.29 is 14.8 Å². The minimum absolute atomic E-state index is 0.195.